The van der Waals surface area contributed by atoms with Crippen molar-refractivity contribution in [1.82, 2.24) is 4.57 Å². The molecule has 1 aromatic heterocycles. The molecule has 0 N–H and O–H groups in total. The predicted molar refractivity (Wildman–Crippen MR) is 129 cm³/mol. The molecular formula is C22H23Cl2FeN3O3S. The SMILES string of the molecule is Cc1cc(C)c(N=Cc2ccc(/C=N/S(=O)(=O)Oc3ccccc3)n2C)c(C)c1.[Cl][Fe][Cl]. The number of aryl methyl sites for hydroxylation is 3. The number of halogens is 2. The van der Waals surface area contributed by atoms with Gasteiger partial charge in [0.2, 0.25) is 0 Å². The average molecular weight is 536 g/mol. The van der Waals surface area contributed by atoms with Crippen molar-refractivity contribution in [2.24, 2.45) is 16.4 Å². The van der Waals surface area contributed by atoms with E-state index in [1.165, 1.54) is 11.8 Å². The molecule has 6 nitrogen and oxygen atoms in total. The first-order valence-electron chi connectivity index (χ1n) is 9.34. The Labute approximate surface area is 203 Å². The normalized spacial score (nSPS) is 11.7. The minimum atomic E-state index is -4.09. The van der Waals surface area contributed by atoms with Gasteiger partial charge in [0.25, 0.3) is 0 Å². The van der Waals surface area contributed by atoms with Crippen LogP contribution in [0.3, 0.4) is 0 Å². The van der Waals surface area contributed by atoms with Crippen molar-refractivity contribution in [3.63, 3.8) is 0 Å². The van der Waals surface area contributed by atoms with E-state index in [1.54, 1.807) is 42.6 Å². The monoisotopic (exact) mass is 535 g/mol. The Hall–Kier alpha value is -2.09. The van der Waals surface area contributed by atoms with Crippen molar-refractivity contribution >= 4 is 48.6 Å². The van der Waals surface area contributed by atoms with Gasteiger partial charge in [0.1, 0.15) is 5.75 Å². The number of benzene rings is 2. The van der Waals surface area contributed by atoms with E-state index in [0.717, 1.165) is 22.5 Å². The fourth-order valence-electron chi connectivity index (χ4n) is 3.05. The third-order valence-corrected chi connectivity index (χ3v) is 5.19. The first-order valence-corrected chi connectivity index (χ1v) is 13.7. The Morgan fingerprint density at radius 3 is 2.03 bits per heavy atom. The molecule has 0 unspecified atom stereocenters. The molecule has 0 radical (unpaired) electrons. The van der Waals surface area contributed by atoms with Crippen LogP contribution in [0.5, 0.6) is 5.75 Å². The first-order chi connectivity index (χ1) is 15.2. The second-order valence-electron chi connectivity index (χ2n) is 6.86. The van der Waals surface area contributed by atoms with E-state index in [1.807, 2.05) is 31.5 Å². The molecule has 0 bridgehead atoms. The van der Waals surface area contributed by atoms with E-state index in [4.69, 9.17) is 24.4 Å². The molecule has 172 valence electrons. The summed E-state index contributed by atoms with van der Waals surface area (Å²) in [6.07, 6.45) is 3.02. The summed E-state index contributed by atoms with van der Waals surface area (Å²) < 4.78 is 34.5. The van der Waals surface area contributed by atoms with Gasteiger partial charge in [0.05, 0.1) is 29.5 Å². The van der Waals surface area contributed by atoms with Gasteiger partial charge in [-0.05, 0) is 56.2 Å². The summed E-state index contributed by atoms with van der Waals surface area (Å²) in [7, 11) is 7.26. The van der Waals surface area contributed by atoms with Gasteiger partial charge in [-0.2, -0.15) is 8.42 Å². The van der Waals surface area contributed by atoms with Gasteiger partial charge in [0, 0.05) is 7.05 Å². The van der Waals surface area contributed by atoms with Crippen molar-refractivity contribution in [3.05, 3.63) is 82.7 Å². The van der Waals surface area contributed by atoms with Crippen molar-refractivity contribution < 1.29 is 25.7 Å². The van der Waals surface area contributed by atoms with Crippen LogP contribution >= 0.6 is 20.2 Å². The number of hydrogen-bond donors (Lipinski definition) is 0. The van der Waals surface area contributed by atoms with Crippen LogP contribution < -0.4 is 4.18 Å². The van der Waals surface area contributed by atoms with Crippen LogP contribution in [0.4, 0.5) is 5.69 Å². The number of nitrogens with zero attached hydrogens (tertiary/aromatic N) is 3. The number of hydrogen-bond acceptors (Lipinski definition) is 4. The maximum absolute atomic E-state index is 12.0. The molecule has 0 fully saturated rings. The Bertz CT molecular complexity index is 1190. The van der Waals surface area contributed by atoms with Crippen LogP contribution in [-0.4, -0.2) is 25.4 Å². The molecule has 3 rings (SSSR count). The molecule has 0 saturated heterocycles. The summed E-state index contributed by atoms with van der Waals surface area (Å²) in [5, 5.41) is 0. The van der Waals surface area contributed by atoms with E-state index >= 15 is 0 Å². The zero-order chi connectivity index (χ0) is 23.7. The maximum atomic E-state index is 12.0. The number of rotatable bonds is 6. The molecule has 0 saturated carbocycles. The molecule has 1 heterocycles. The van der Waals surface area contributed by atoms with Gasteiger partial charge in [-0.15, -0.1) is 4.40 Å². The number of aliphatic imine (C=N–C) groups is 1. The van der Waals surface area contributed by atoms with Gasteiger partial charge in [-0.3, -0.25) is 4.99 Å². The summed E-state index contributed by atoms with van der Waals surface area (Å²) in [5.41, 5.74) is 5.80. The molecule has 0 aliphatic carbocycles. The van der Waals surface area contributed by atoms with E-state index in [9.17, 15) is 8.42 Å². The van der Waals surface area contributed by atoms with E-state index in [-0.39, 0.29) is 18.9 Å². The summed E-state index contributed by atoms with van der Waals surface area (Å²) in [5.74, 6) is 0.216. The van der Waals surface area contributed by atoms with Gasteiger partial charge in [-0.1, -0.05) is 35.9 Å². The Balaban J connectivity index is 0.00000114. The molecule has 3 aromatic rings. The van der Waals surface area contributed by atoms with Crippen molar-refractivity contribution in [1.29, 1.82) is 0 Å². The van der Waals surface area contributed by atoms with Crippen LogP contribution in [0.1, 0.15) is 28.1 Å². The fourth-order valence-corrected chi connectivity index (χ4v) is 3.68. The van der Waals surface area contributed by atoms with Gasteiger partial charge >= 0.3 is 43.6 Å². The van der Waals surface area contributed by atoms with E-state index < -0.39 is 10.3 Å². The van der Waals surface area contributed by atoms with Crippen LogP contribution in [0.15, 0.2) is 64.0 Å². The molecule has 10 heteroatoms. The summed E-state index contributed by atoms with van der Waals surface area (Å²) in [6.45, 7) is 6.13. The Morgan fingerprint density at radius 1 is 0.938 bits per heavy atom. The molecule has 0 aliphatic rings. The van der Waals surface area contributed by atoms with Crippen LogP contribution in [0.25, 0.3) is 0 Å². The molecule has 0 spiro atoms. The fraction of sp³-hybridized carbons (Fsp3) is 0.182. The molecule has 32 heavy (non-hydrogen) atoms. The topological polar surface area (TPSA) is 73.0 Å². The molecule has 0 atom stereocenters. The average Bonchev–Trinajstić information content (AvgIpc) is 3.06. The van der Waals surface area contributed by atoms with Crippen LogP contribution in [0, 0.1) is 20.8 Å². The summed E-state index contributed by atoms with van der Waals surface area (Å²) >= 11 is 0.194. The zero-order valence-corrected chi connectivity index (χ0v) is 21.4. The second-order valence-corrected chi connectivity index (χ2v) is 9.91. The molecule has 0 amide bonds. The van der Waals surface area contributed by atoms with Crippen molar-refractivity contribution in [2.75, 3.05) is 0 Å². The van der Waals surface area contributed by atoms with Gasteiger partial charge in [0.15, 0.2) is 0 Å². The molecule has 2 aromatic carbocycles. The summed E-state index contributed by atoms with van der Waals surface area (Å²) in [6, 6.07) is 16.1. The second kappa shape index (κ2) is 12.2. The van der Waals surface area contributed by atoms with Crippen LogP contribution in [0.2, 0.25) is 0 Å². The third-order valence-electron chi connectivity index (χ3n) is 4.42. The molecular weight excluding hydrogens is 513 g/mol. The van der Waals surface area contributed by atoms with Crippen LogP contribution in [-0.2, 0) is 30.5 Å². The van der Waals surface area contributed by atoms with Crippen molar-refractivity contribution in [3.8, 4) is 5.75 Å². The Kier molecular flexibility index (Phi) is 10.00. The third kappa shape index (κ3) is 7.80. The molecule has 0 aliphatic heterocycles. The van der Waals surface area contributed by atoms with E-state index in [2.05, 4.69) is 28.4 Å². The number of para-hydroxylation sites is 1. The quantitative estimate of drug-likeness (QED) is 0.295. The van der Waals surface area contributed by atoms with E-state index in [0.29, 0.717) is 5.69 Å². The van der Waals surface area contributed by atoms with Crippen molar-refractivity contribution in [2.45, 2.75) is 20.8 Å². The Morgan fingerprint density at radius 2 is 1.47 bits per heavy atom. The summed E-state index contributed by atoms with van der Waals surface area (Å²) in [4.78, 5) is 4.62. The standard InChI is InChI=1S/C22H23N3O3S.2ClH.Fe/c1-16-12-17(2)22(18(3)13-16)23-14-19-10-11-20(25(19)4)15-24-29(26,27)28-21-8-6-5-7-9-21;;;/h5-15H,1-4H3;2*1H;/q;;;+2/p-2/b23-14?,24-15+;;;. The van der Waals surface area contributed by atoms with Gasteiger partial charge < -0.3 is 8.75 Å². The zero-order valence-electron chi connectivity index (χ0n) is 17.9. The number of aromatic nitrogens is 1. The first kappa shape index (κ1) is 26.2. The minimum absolute atomic E-state index is 0.194. The predicted octanol–water partition coefficient (Wildman–Crippen LogP) is 5.82. The van der Waals surface area contributed by atoms with Gasteiger partial charge in [-0.25, -0.2) is 0 Å².